The number of hydrogen-bond donors (Lipinski definition) is 3. The summed E-state index contributed by atoms with van der Waals surface area (Å²) in [6.07, 6.45) is 0. The first-order valence-electron chi connectivity index (χ1n) is 7.70. The van der Waals surface area contributed by atoms with Crippen LogP contribution in [0.2, 0.25) is 0 Å². The first-order chi connectivity index (χ1) is 11.7. The smallest absolute Gasteiger partial charge is 0.181 e. The van der Waals surface area contributed by atoms with Gasteiger partial charge in [0.15, 0.2) is 5.11 Å². The van der Waals surface area contributed by atoms with E-state index in [0.717, 1.165) is 17.1 Å². The maximum atomic E-state index is 5.37. The van der Waals surface area contributed by atoms with Crippen molar-refractivity contribution in [1.29, 1.82) is 0 Å². The summed E-state index contributed by atoms with van der Waals surface area (Å²) < 4.78 is 10.7. The maximum Gasteiger partial charge on any atom is 0.181 e. The van der Waals surface area contributed by atoms with Crippen molar-refractivity contribution in [1.82, 2.24) is 16.2 Å². The summed E-state index contributed by atoms with van der Waals surface area (Å²) in [6, 6.07) is 15.9. The molecule has 2 rings (SSSR count). The molecule has 5 nitrogen and oxygen atoms in total. The zero-order valence-electron chi connectivity index (χ0n) is 14.1. The van der Waals surface area contributed by atoms with E-state index in [1.807, 2.05) is 36.4 Å². The van der Waals surface area contributed by atoms with Crippen LogP contribution in [-0.2, 0) is 6.54 Å². The molecule has 0 aliphatic rings. The van der Waals surface area contributed by atoms with Gasteiger partial charge in [0.1, 0.15) is 11.5 Å². The van der Waals surface area contributed by atoms with Crippen LogP contribution < -0.4 is 25.6 Å². The maximum absolute atomic E-state index is 5.37. The third kappa shape index (κ3) is 4.84. The molecule has 0 saturated carbocycles. The Bertz CT molecular complexity index is 642. The highest BCUT2D eigenvalue weighted by Crippen LogP contribution is 2.27. The summed E-state index contributed by atoms with van der Waals surface area (Å²) in [4.78, 5) is 0. The molecule has 128 valence electrons. The van der Waals surface area contributed by atoms with Crippen LogP contribution in [0.5, 0.6) is 11.5 Å². The summed E-state index contributed by atoms with van der Waals surface area (Å²) in [6.45, 7) is 2.57. The van der Waals surface area contributed by atoms with E-state index in [-0.39, 0.29) is 6.04 Å². The second-order valence-electron chi connectivity index (χ2n) is 5.23. The molecule has 1 atom stereocenters. The lowest BCUT2D eigenvalue weighted by Gasteiger charge is -2.18. The molecule has 0 radical (unpaired) electrons. The van der Waals surface area contributed by atoms with Crippen molar-refractivity contribution in [3.8, 4) is 11.5 Å². The summed E-state index contributed by atoms with van der Waals surface area (Å²) in [5.74, 6) is 1.53. The minimum Gasteiger partial charge on any atom is -0.496 e. The van der Waals surface area contributed by atoms with Crippen LogP contribution in [0.4, 0.5) is 0 Å². The zero-order chi connectivity index (χ0) is 17.4. The Morgan fingerprint density at radius 2 is 1.62 bits per heavy atom. The third-order valence-electron chi connectivity index (χ3n) is 3.64. The Morgan fingerprint density at radius 3 is 2.21 bits per heavy atom. The Labute approximate surface area is 148 Å². The highest BCUT2D eigenvalue weighted by atomic mass is 32.1. The lowest BCUT2D eigenvalue weighted by Crippen LogP contribution is -2.44. The van der Waals surface area contributed by atoms with Crippen molar-refractivity contribution in [2.24, 2.45) is 0 Å². The number of rotatable bonds is 7. The summed E-state index contributed by atoms with van der Waals surface area (Å²) in [5.41, 5.74) is 8.19. The molecule has 0 aromatic heterocycles. The number of thiocarbonyl (C=S) groups is 1. The molecule has 6 heteroatoms. The van der Waals surface area contributed by atoms with Crippen LogP contribution in [0.1, 0.15) is 24.1 Å². The highest BCUT2D eigenvalue weighted by Gasteiger charge is 2.10. The van der Waals surface area contributed by atoms with Crippen LogP contribution in [0, 0.1) is 0 Å². The molecule has 0 fully saturated rings. The fourth-order valence-electron chi connectivity index (χ4n) is 2.37. The summed E-state index contributed by atoms with van der Waals surface area (Å²) in [7, 11) is 3.28. The molecule has 0 aliphatic heterocycles. The monoisotopic (exact) mass is 345 g/mol. The van der Waals surface area contributed by atoms with Crippen LogP contribution in [0.25, 0.3) is 0 Å². The van der Waals surface area contributed by atoms with Gasteiger partial charge in [-0.2, -0.15) is 0 Å². The van der Waals surface area contributed by atoms with Gasteiger partial charge in [-0.25, -0.2) is 5.43 Å². The Balaban J connectivity index is 1.87. The normalized spacial score (nSPS) is 11.5. The second-order valence-corrected chi connectivity index (χ2v) is 5.63. The predicted octanol–water partition coefficient (Wildman–Crippen LogP) is 2.93. The molecule has 2 aromatic carbocycles. The molecule has 2 aromatic rings. The van der Waals surface area contributed by atoms with Crippen molar-refractivity contribution in [3.63, 3.8) is 0 Å². The number of methoxy groups -OCH3 is 2. The van der Waals surface area contributed by atoms with E-state index in [2.05, 4.69) is 35.2 Å². The predicted molar refractivity (Wildman–Crippen MR) is 100 cm³/mol. The van der Waals surface area contributed by atoms with Crippen molar-refractivity contribution in [3.05, 3.63) is 59.7 Å². The van der Waals surface area contributed by atoms with Crippen molar-refractivity contribution >= 4 is 17.3 Å². The van der Waals surface area contributed by atoms with Crippen LogP contribution in [-0.4, -0.2) is 19.3 Å². The van der Waals surface area contributed by atoms with Gasteiger partial charge in [0.2, 0.25) is 0 Å². The number of benzene rings is 2. The molecule has 0 heterocycles. The van der Waals surface area contributed by atoms with Gasteiger partial charge in [-0.15, -0.1) is 0 Å². The molecule has 0 bridgehead atoms. The minimum absolute atomic E-state index is 0.119. The van der Waals surface area contributed by atoms with Gasteiger partial charge < -0.3 is 14.8 Å². The van der Waals surface area contributed by atoms with E-state index in [0.29, 0.717) is 11.7 Å². The average molecular weight is 345 g/mol. The molecule has 0 aliphatic carbocycles. The quantitative estimate of drug-likeness (QED) is 0.530. The van der Waals surface area contributed by atoms with Crippen LogP contribution in [0.15, 0.2) is 48.5 Å². The molecular formula is C18H23N3O2S. The van der Waals surface area contributed by atoms with Gasteiger partial charge in [0.05, 0.1) is 25.8 Å². The topological polar surface area (TPSA) is 54.6 Å². The van der Waals surface area contributed by atoms with Crippen molar-refractivity contribution in [2.45, 2.75) is 19.5 Å². The van der Waals surface area contributed by atoms with Gasteiger partial charge >= 0.3 is 0 Å². The van der Waals surface area contributed by atoms with Gasteiger partial charge in [0, 0.05) is 6.54 Å². The zero-order valence-corrected chi connectivity index (χ0v) is 14.9. The highest BCUT2D eigenvalue weighted by molar-refractivity contribution is 7.80. The average Bonchev–Trinajstić information content (AvgIpc) is 2.62. The summed E-state index contributed by atoms with van der Waals surface area (Å²) in [5, 5.41) is 3.76. The molecule has 3 N–H and O–H groups in total. The Hall–Kier alpha value is -2.31. The van der Waals surface area contributed by atoms with Gasteiger partial charge in [0.25, 0.3) is 0 Å². The van der Waals surface area contributed by atoms with Gasteiger partial charge in [-0.1, -0.05) is 36.4 Å². The fourth-order valence-corrected chi connectivity index (χ4v) is 2.62. The lowest BCUT2D eigenvalue weighted by molar-refractivity contribution is 0.381. The molecule has 0 amide bonds. The third-order valence-corrected chi connectivity index (χ3v) is 3.86. The molecule has 24 heavy (non-hydrogen) atoms. The van der Waals surface area contributed by atoms with E-state index in [1.54, 1.807) is 14.2 Å². The van der Waals surface area contributed by atoms with E-state index in [9.17, 15) is 0 Å². The van der Waals surface area contributed by atoms with Gasteiger partial charge in [-0.05, 0) is 36.8 Å². The molecular weight excluding hydrogens is 322 g/mol. The number of hydrazine groups is 1. The summed E-state index contributed by atoms with van der Waals surface area (Å²) >= 11 is 5.32. The number of hydrogen-bond acceptors (Lipinski definition) is 4. The Morgan fingerprint density at radius 1 is 1.00 bits per heavy atom. The lowest BCUT2D eigenvalue weighted by atomic mass is 10.1. The van der Waals surface area contributed by atoms with Crippen LogP contribution in [0.3, 0.4) is 0 Å². The fraction of sp³-hybridized carbons (Fsp3) is 0.278. The van der Waals surface area contributed by atoms with E-state index >= 15 is 0 Å². The molecule has 0 spiro atoms. The SMILES string of the molecule is COc1cccc(OC)c1CNNC(=S)N[C@H](C)c1ccccc1. The van der Waals surface area contributed by atoms with Crippen molar-refractivity contribution in [2.75, 3.05) is 14.2 Å². The number of ether oxygens (including phenoxy) is 2. The van der Waals surface area contributed by atoms with Crippen LogP contribution >= 0.6 is 12.2 Å². The largest absolute Gasteiger partial charge is 0.496 e. The standard InChI is InChI=1S/C18H23N3O2S/c1-13(14-8-5-4-6-9-14)20-18(24)21-19-12-15-16(22-2)10-7-11-17(15)23-3/h4-11,13,19H,12H2,1-3H3,(H2,20,21,24)/t13-/m1/s1. The van der Waals surface area contributed by atoms with Crippen molar-refractivity contribution < 1.29 is 9.47 Å². The number of nitrogens with one attached hydrogen (secondary N) is 3. The Kier molecular flexibility index (Phi) is 6.84. The second kappa shape index (κ2) is 9.10. The first kappa shape index (κ1) is 18.0. The minimum atomic E-state index is 0.119. The van der Waals surface area contributed by atoms with E-state index in [1.165, 1.54) is 5.56 Å². The molecule has 0 saturated heterocycles. The first-order valence-corrected chi connectivity index (χ1v) is 8.10. The van der Waals surface area contributed by atoms with E-state index in [4.69, 9.17) is 21.7 Å². The van der Waals surface area contributed by atoms with E-state index < -0.39 is 0 Å². The van der Waals surface area contributed by atoms with Gasteiger partial charge in [-0.3, -0.25) is 5.43 Å². The molecule has 0 unspecified atom stereocenters.